The van der Waals surface area contributed by atoms with E-state index in [4.69, 9.17) is 5.73 Å². The zero-order valence-corrected chi connectivity index (χ0v) is 12.0. The highest BCUT2D eigenvalue weighted by Gasteiger charge is 2.04. The van der Waals surface area contributed by atoms with Gasteiger partial charge in [0.05, 0.1) is 6.54 Å². The van der Waals surface area contributed by atoms with Crippen LogP contribution in [0.5, 0.6) is 0 Å². The second-order valence-electron chi connectivity index (χ2n) is 5.06. The first-order valence-electron chi connectivity index (χ1n) is 7.08. The number of hydrogen-bond donors (Lipinski definition) is 1. The smallest absolute Gasteiger partial charge is 0.181 e. The molecule has 0 aliphatic rings. The van der Waals surface area contributed by atoms with Crippen LogP contribution in [-0.4, -0.2) is 14.8 Å². The quantitative estimate of drug-likeness (QED) is 0.746. The van der Waals surface area contributed by atoms with E-state index < -0.39 is 0 Å². The minimum Gasteiger partial charge on any atom is -0.399 e. The number of anilines is 1. The summed E-state index contributed by atoms with van der Waals surface area (Å²) in [6, 6.07) is 16.2. The van der Waals surface area contributed by atoms with E-state index in [-0.39, 0.29) is 0 Å². The van der Waals surface area contributed by atoms with Crippen molar-refractivity contribution in [2.45, 2.75) is 19.9 Å². The van der Waals surface area contributed by atoms with E-state index in [1.54, 1.807) is 6.33 Å². The molecule has 0 amide bonds. The largest absolute Gasteiger partial charge is 0.399 e. The molecule has 0 saturated heterocycles. The van der Waals surface area contributed by atoms with Crippen molar-refractivity contribution in [1.29, 1.82) is 0 Å². The first-order chi connectivity index (χ1) is 10.2. The van der Waals surface area contributed by atoms with Gasteiger partial charge >= 0.3 is 0 Å². The maximum absolute atomic E-state index is 5.69. The monoisotopic (exact) mass is 278 g/mol. The van der Waals surface area contributed by atoms with E-state index in [9.17, 15) is 0 Å². The third-order valence-electron chi connectivity index (χ3n) is 3.48. The van der Waals surface area contributed by atoms with Crippen molar-refractivity contribution in [3.63, 3.8) is 0 Å². The fourth-order valence-electron chi connectivity index (χ4n) is 2.20. The van der Waals surface area contributed by atoms with E-state index >= 15 is 0 Å². The minimum absolute atomic E-state index is 0.722. The average Bonchev–Trinajstić information content (AvgIpc) is 2.97. The molecule has 3 aromatic rings. The number of aryl methyl sites for hydroxylation is 1. The van der Waals surface area contributed by atoms with Gasteiger partial charge in [0.2, 0.25) is 0 Å². The molecule has 0 unspecified atom stereocenters. The molecule has 2 N–H and O–H groups in total. The third-order valence-corrected chi connectivity index (χ3v) is 3.48. The molecule has 0 saturated carbocycles. The molecule has 0 radical (unpaired) electrons. The normalized spacial score (nSPS) is 10.7. The van der Waals surface area contributed by atoms with Crippen molar-refractivity contribution >= 4 is 5.69 Å². The lowest BCUT2D eigenvalue weighted by Crippen LogP contribution is -2.00. The van der Waals surface area contributed by atoms with Crippen LogP contribution in [-0.2, 0) is 13.0 Å². The van der Waals surface area contributed by atoms with E-state index in [1.807, 2.05) is 28.9 Å². The van der Waals surface area contributed by atoms with Gasteiger partial charge in [-0.1, -0.05) is 31.2 Å². The summed E-state index contributed by atoms with van der Waals surface area (Å²) in [7, 11) is 0. The molecule has 4 heteroatoms. The second-order valence-corrected chi connectivity index (χ2v) is 5.06. The molecule has 0 aliphatic carbocycles. The van der Waals surface area contributed by atoms with Gasteiger partial charge in [0, 0.05) is 11.3 Å². The highest BCUT2D eigenvalue weighted by atomic mass is 15.3. The number of nitrogen functional groups attached to an aromatic ring is 1. The lowest BCUT2D eigenvalue weighted by Gasteiger charge is -2.02. The first kappa shape index (κ1) is 13.4. The Morgan fingerprint density at radius 1 is 0.952 bits per heavy atom. The lowest BCUT2D eigenvalue weighted by atomic mass is 10.1. The highest BCUT2D eigenvalue weighted by Crippen LogP contribution is 2.16. The summed E-state index contributed by atoms with van der Waals surface area (Å²) in [5, 5.41) is 4.51. The molecule has 0 spiro atoms. The summed E-state index contributed by atoms with van der Waals surface area (Å²) in [6.45, 7) is 2.89. The van der Waals surface area contributed by atoms with Crippen molar-refractivity contribution in [1.82, 2.24) is 14.8 Å². The number of aromatic nitrogens is 3. The molecule has 2 aromatic carbocycles. The number of nitrogens with zero attached hydrogens (tertiary/aromatic N) is 3. The molecule has 3 rings (SSSR count). The van der Waals surface area contributed by atoms with Crippen LogP contribution in [0.25, 0.3) is 11.4 Å². The molecule has 4 nitrogen and oxygen atoms in total. The zero-order chi connectivity index (χ0) is 14.7. The Morgan fingerprint density at radius 2 is 1.62 bits per heavy atom. The first-order valence-corrected chi connectivity index (χ1v) is 7.08. The van der Waals surface area contributed by atoms with E-state index in [0.29, 0.717) is 0 Å². The summed E-state index contributed by atoms with van der Waals surface area (Å²) in [4.78, 5) is 4.36. The number of benzene rings is 2. The van der Waals surface area contributed by atoms with E-state index in [2.05, 4.69) is 41.3 Å². The zero-order valence-electron chi connectivity index (χ0n) is 12.0. The van der Waals surface area contributed by atoms with Crippen LogP contribution in [0.1, 0.15) is 18.1 Å². The van der Waals surface area contributed by atoms with Crippen molar-refractivity contribution < 1.29 is 0 Å². The van der Waals surface area contributed by atoms with Crippen molar-refractivity contribution in [3.05, 3.63) is 66.0 Å². The lowest BCUT2D eigenvalue weighted by molar-refractivity contribution is 0.686. The third kappa shape index (κ3) is 3.11. The SMILES string of the molecule is CCc1ccc(Cn2cnc(-c3ccc(N)cc3)n2)cc1. The van der Waals surface area contributed by atoms with Gasteiger partial charge in [0.15, 0.2) is 5.82 Å². The second kappa shape index (κ2) is 5.79. The minimum atomic E-state index is 0.722. The predicted molar refractivity (Wildman–Crippen MR) is 84.8 cm³/mol. The Morgan fingerprint density at radius 3 is 2.29 bits per heavy atom. The van der Waals surface area contributed by atoms with Gasteiger partial charge < -0.3 is 5.73 Å². The molecular weight excluding hydrogens is 260 g/mol. The van der Waals surface area contributed by atoms with Crippen molar-refractivity contribution in [2.24, 2.45) is 0 Å². The van der Waals surface area contributed by atoms with Crippen LogP contribution in [0.15, 0.2) is 54.9 Å². The van der Waals surface area contributed by atoms with E-state index in [0.717, 1.165) is 30.0 Å². The summed E-state index contributed by atoms with van der Waals surface area (Å²) < 4.78 is 1.85. The number of hydrogen-bond acceptors (Lipinski definition) is 3. The Bertz CT molecular complexity index is 711. The van der Waals surface area contributed by atoms with Gasteiger partial charge in [-0.25, -0.2) is 9.67 Å². The van der Waals surface area contributed by atoms with Gasteiger partial charge in [-0.05, 0) is 41.8 Å². The Hall–Kier alpha value is -2.62. The molecule has 1 heterocycles. The van der Waals surface area contributed by atoms with Crippen LogP contribution >= 0.6 is 0 Å². The van der Waals surface area contributed by atoms with Crippen molar-refractivity contribution in [3.8, 4) is 11.4 Å². The standard InChI is InChI=1S/C17H18N4/c1-2-13-3-5-14(6-4-13)11-21-12-19-17(20-21)15-7-9-16(18)10-8-15/h3-10,12H,2,11,18H2,1H3. The van der Waals surface area contributed by atoms with Crippen LogP contribution in [0, 0.1) is 0 Å². The van der Waals surface area contributed by atoms with Gasteiger partial charge in [-0.2, -0.15) is 5.10 Å². The molecule has 106 valence electrons. The summed E-state index contributed by atoms with van der Waals surface area (Å²) >= 11 is 0. The Kier molecular flexibility index (Phi) is 3.69. The fourth-order valence-corrected chi connectivity index (χ4v) is 2.20. The number of rotatable bonds is 4. The summed E-state index contributed by atoms with van der Waals surface area (Å²) in [5.41, 5.74) is 9.98. The maximum Gasteiger partial charge on any atom is 0.181 e. The van der Waals surface area contributed by atoms with Crippen LogP contribution in [0.2, 0.25) is 0 Å². The van der Waals surface area contributed by atoms with Crippen molar-refractivity contribution in [2.75, 3.05) is 5.73 Å². The predicted octanol–water partition coefficient (Wildman–Crippen LogP) is 3.14. The van der Waals surface area contributed by atoms with E-state index in [1.165, 1.54) is 11.1 Å². The fraction of sp³-hybridized carbons (Fsp3) is 0.176. The van der Waals surface area contributed by atoms with Gasteiger partial charge in [0.1, 0.15) is 6.33 Å². The number of nitrogens with two attached hydrogens (primary N) is 1. The summed E-state index contributed by atoms with van der Waals surface area (Å²) in [6.07, 6.45) is 2.82. The molecule has 0 atom stereocenters. The van der Waals surface area contributed by atoms with Crippen LogP contribution < -0.4 is 5.73 Å². The molecule has 0 aliphatic heterocycles. The Balaban J connectivity index is 1.76. The Labute approximate surface area is 124 Å². The highest BCUT2D eigenvalue weighted by molar-refractivity contribution is 5.57. The molecule has 0 bridgehead atoms. The topological polar surface area (TPSA) is 56.7 Å². The van der Waals surface area contributed by atoms with Gasteiger partial charge in [0.25, 0.3) is 0 Å². The maximum atomic E-state index is 5.69. The molecule has 21 heavy (non-hydrogen) atoms. The molecule has 1 aromatic heterocycles. The summed E-state index contributed by atoms with van der Waals surface area (Å²) in [5.74, 6) is 0.722. The molecular formula is C17H18N4. The molecule has 0 fully saturated rings. The average molecular weight is 278 g/mol. The van der Waals surface area contributed by atoms with Gasteiger partial charge in [-0.15, -0.1) is 0 Å². The van der Waals surface area contributed by atoms with Crippen LogP contribution in [0.3, 0.4) is 0 Å². The van der Waals surface area contributed by atoms with Crippen LogP contribution in [0.4, 0.5) is 5.69 Å². The van der Waals surface area contributed by atoms with Gasteiger partial charge in [-0.3, -0.25) is 0 Å².